The SMILES string of the molecule is CN(C)CC1CCCN1C1(CN)CC2CCC(C1)N2C. The number of fused-ring (bicyclic) bond motifs is 2. The molecule has 0 amide bonds. The largest absolute Gasteiger partial charge is 0.329 e. The highest BCUT2D eigenvalue weighted by atomic mass is 15.3. The van der Waals surface area contributed by atoms with Crippen LogP contribution < -0.4 is 5.73 Å². The second-order valence-corrected chi connectivity index (χ2v) is 7.64. The van der Waals surface area contributed by atoms with E-state index in [9.17, 15) is 0 Å². The zero-order valence-corrected chi connectivity index (χ0v) is 13.5. The molecule has 3 aliphatic rings. The Kier molecular flexibility index (Phi) is 4.10. The van der Waals surface area contributed by atoms with E-state index < -0.39 is 0 Å². The highest BCUT2D eigenvalue weighted by Gasteiger charge is 2.51. The predicted octanol–water partition coefficient (Wildman–Crippen LogP) is 0.967. The van der Waals surface area contributed by atoms with Crippen LogP contribution >= 0.6 is 0 Å². The first-order chi connectivity index (χ1) is 9.55. The highest BCUT2D eigenvalue weighted by molar-refractivity contribution is 5.09. The highest BCUT2D eigenvalue weighted by Crippen LogP contribution is 2.44. The molecule has 0 aliphatic carbocycles. The van der Waals surface area contributed by atoms with E-state index >= 15 is 0 Å². The second kappa shape index (κ2) is 5.56. The lowest BCUT2D eigenvalue weighted by Crippen LogP contribution is -2.63. The van der Waals surface area contributed by atoms with Crippen molar-refractivity contribution in [2.75, 3.05) is 40.8 Å². The van der Waals surface area contributed by atoms with Gasteiger partial charge in [0.05, 0.1) is 0 Å². The molecule has 0 aromatic rings. The molecule has 3 rings (SSSR count). The van der Waals surface area contributed by atoms with Crippen LogP contribution in [0.2, 0.25) is 0 Å². The van der Waals surface area contributed by atoms with Crippen LogP contribution in [0.1, 0.15) is 38.5 Å². The molecule has 4 heteroatoms. The summed E-state index contributed by atoms with van der Waals surface area (Å²) in [6.07, 6.45) is 8.06. The summed E-state index contributed by atoms with van der Waals surface area (Å²) in [6.45, 7) is 3.30. The minimum Gasteiger partial charge on any atom is -0.329 e. The summed E-state index contributed by atoms with van der Waals surface area (Å²) in [6, 6.07) is 2.27. The molecule has 0 saturated carbocycles. The standard InChI is InChI=1S/C16H32N4/c1-18(2)11-15-5-4-8-20(15)16(12-17)9-13-6-7-14(10-16)19(13)3/h13-15H,4-12,17H2,1-3H3. The van der Waals surface area contributed by atoms with Crippen LogP contribution in [-0.2, 0) is 0 Å². The third-order valence-corrected chi connectivity index (χ3v) is 6.16. The number of nitrogens with zero attached hydrogens (tertiary/aromatic N) is 3. The van der Waals surface area contributed by atoms with Crippen molar-refractivity contribution in [2.45, 2.75) is 62.2 Å². The summed E-state index contributed by atoms with van der Waals surface area (Å²) in [5.74, 6) is 0. The summed E-state index contributed by atoms with van der Waals surface area (Å²) >= 11 is 0. The normalized spacial score (nSPS) is 42.8. The monoisotopic (exact) mass is 280 g/mol. The molecule has 20 heavy (non-hydrogen) atoms. The third-order valence-electron chi connectivity index (χ3n) is 6.16. The molecule has 3 atom stereocenters. The molecule has 0 aromatic heterocycles. The maximum atomic E-state index is 6.33. The Balaban J connectivity index is 1.79. The van der Waals surface area contributed by atoms with Crippen LogP contribution in [0.15, 0.2) is 0 Å². The van der Waals surface area contributed by atoms with Gasteiger partial charge in [0.2, 0.25) is 0 Å². The minimum atomic E-state index is 0.287. The number of piperidine rings is 1. The van der Waals surface area contributed by atoms with Gasteiger partial charge < -0.3 is 15.5 Å². The van der Waals surface area contributed by atoms with Gasteiger partial charge in [-0.15, -0.1) is 0 Å². The van der Waals surface area contributed by atoms with Gasteiger partial charge in [-0.3, -0.25) is 4.90 Å². The average Bonchev–Trinajstić information content (AvgIpc) is 2.93. The number of likely N-dealkylation sites (N-methyl/N-ethyl adjacent to an activating group) is 1. The molecule has 0 aromatic carbocycles. The van der Waals surface area contributed by atoms with Crippen molar-refractivity contribution in [3.63, 3.8) is 0 Å². The lowest BCUT2D eigenvalue weighted by Gasteiger charge is -2.52. The molecule has 3 heterocycles. The van der Waals surface area contributed by atoms with E-state index in [1.807, 2.05) is 0 Å². The molecule has 3 saturated heterocycles. The molecule has 3 aliphatic heterocycles. The number of hydrogen-bond donors (Lipinski definition) is 1. The lowest BCUT2D eigenvalue weighted by atomic mass is 9.81. The fraction of sp³-hybridized carbons (Fsp3) is 1.00. The van der Waals surface area contributed by atoms with Gasteiger partial charge in [0.15, 0.2) is 0 Å². The molecular formula is C16H32N4. The zero-order chi connectivity index (χ0) is 14.3. The van der Waals surface area contributed by atoms with Gasteiger partial charge in [0, 0.05) is 36.8 Å². The van der Waals surface area contributed by atoms with Crippen molar-refractivity contribution in [2.24, 2.45) is 5.73 Å². The van der Waals surface area contributed by atoms with Crippen LogP contribution in [0.5, 0.6) is 0 Å². The fourth-order valence-corrected chi connectivity index (χ4v) is 5.13. The van der Waals surface area contributed by atoms with E-state index in [4.69, 9.17) is 5.73 Å². The van der Waals surface area contributed by atoms with Gasteiger partial charge in [0.25, 0.3) is 0 Å². The van der Waals surface area contributed by atoms with E-state index in [0.29, 0.717) is 0 Å². The second-order valence-electron chi connectivity index (χ2n) is 7.64. The number of hydrogen-bond acceptors (Lipinski definition) is 4. The van der Waals surface area contributed by atoms with Crippen LogP contribution in [0.4, 0.5) is 0 Å². The molecule has 4 nitrogen and oxygen atoms in total. The first-order valence-electron chi connectivity index (χ1n) is 8.39. The third kappa shape index (κ3) is 2.41. The lowest BCUT2D eigenvalue weighted by molar-refractivity contribution is -0.0111. The minimum absolute atomic E-state index is 0.287. The zero-order valence-electron chi connectivity index (χ0n) is 13.5. The van der Waals surface area contributed by atoms with Crippen molar-refractivity contribution in [3.05, 3.63) is 0 Å². The Labute approximate surface area is 124 Å². The predicted molar refractivity (Wildman–Crippen MR) is 83.9 cm³/mol. The van der Waals surface area contributed by atoms with Gasteiger partial charge in [-0.2, -0.15) is 0 Å². The first kappa shape index (κ1) is 14.8. The van der Waals surface area contributed by atoms with Crippen molar-refractivity contribution in [1.82, 2.24) is 14.7 Å². The average molecular weight is 280 g/mol. The van der Waals surface area contributed by atoms with Crippen molar-refractivity contribution < 1.29 is 0 Å². The van der Waals surface area contributed by atoms with E-state index in [-0.39, 0.29) is 5.54 Å². The number of nitrogens with two attached hydrogens (primary N) is 1. The molecule has 3 fully saturated rings. The van der Waals surface area contributed by atoms with Gasteiger partial charge in [0.1, 0.15) is 0 Å². The fourth-order valence-electron chi connectivity index (χ4n) is 5.13. The van der Waals surface area contributed by atoms with Gasteiger partial charge in [-0.05, 0) is 66.2 Å². The molecule has 2 bridgehead atoms. The van der Waals surface area contributed by atoms with Crippen LogP contribution in [-0.4, -0.2) is 79.1 Å². The van der Waals surface area contributed by atoms with Crippen molar-refractivity contribution in [3.8, 4) is 0 Å². The summed E-state index contributed by atoms with van der Waals surface area (Å²) in [4.78, 5) is 7.78. The van der Waals surface area contributed by atoms with Crippen molar-refractivity contribution >= 4 is 0 Å². The summed E-state index contributed by atoms with van der Waals surface area (Å²) in [5.41, 5.74) is 6.62. The summed E-state index contributed by atoms with van der Waals surface area (Å²) in [7, 11) is 6.72. The Bertz CT molecular complexity index is 329. The number of likely N-dealkylation sites (tertiary alicyclic amines) is 1. The molecule has 116 valence electrons. The summed E-state index contributed by atoms with van der Waals surface area (Å²) < 4.78 is 0. The molecule has 3 unspecified atom stereocenters. The van der Waals surface area contributed by atoms with Gasteiger partial charge in [-0.25, -0.2) is 0 Å². The van der Waals surface area contributed by atoms with Gasteiger partial charge in [-0.1, -0.05) is 0 Å². The topological polar surface area (TPSA) is 35.7 Å². The molecule has 2 N–H and O–H groups in total. The van der Waals surface area contributed by atoms with Gasteiger partial charge >= 0.3 is 0 Å². The van der Waals surface area contributed by atoms with E-state index in [0.717, 1.165) is 24.7 Å². The van der Waals surface area contributed by atoms with E-state index in [2.05, 4.69) is 35.8 Å². The van der Waals surface area contributed by atoms with Crippen molar-refractivity contribution in [1.29, 1.82) is 0 Å². The Hall–Kier alpha value is -0.160. The Morgan fingerprint density at radius 3 is 2.35 bits per heavy atom. The molecule has 0 spiro atoms. The van der Waals surface area contributed by atoms with Crippen LogP contribution in [0.25, 0.3) is 0 Å². The van der Waals surface area contributed by atoms with Crippen LogP contribution in [0, 0.1) is 0 Å². The molecule has 0 radical (unpaired) electrons. The first-order valence-corrected chi connectivity index (χ1v) is 8.39. The van der Waals surface area contributed by atoms with Crippen LogP contribution in [0.3, 0.4) is 0 Å². The number of rotatable bonds is 4. The Morgan fingerprint density at radius 2 is 1.80 bits per heavy atom. The quantitative estimate of drug-likeness (QED) is 0.832. The molecular weight excluding hydrogens is 248 g/mol. The maximum absolute atomic E-state index is 6.33. The maximum Gasteiger partial charge on any atom is 0.0364 e. The smallest absolute Gasteiger partial charge is 0.0364 e. The van der Waals surface area contributed by atoms with E-state index in [1.54, 1.807) is 0 Å². The Morgan fingerprint density at radius 1 is 1.15 bits per heavy atom. The summed E-state index contributed by atoms with van der Waals surface area (Å²) in [5, 5.41) is 0. The van der Waals surface area contributed by atoms with E-state index in [1.165, 1.54) is 51.6 Å².